The molecular formula is C19H21N5O2. The third-order valence-electron chi connectivity index (χ3n) is 3.91. The van der Waals surface area contributed by atoms with Gasteiger partial charge >= 0.3 is 0 Å². The van der Waals surface area contributed by atoms with Crippen LogP contribution in [0.1, 0.15) is 10.5 Å². The van der Waals surface area contributed by atoms with Gasteiger partial charge in [0.15, 0.2) is 5.69 Å². The van der Waals surface area contributed by atoms with E-state index in [4.69, 9.17) is 10.5 Å². The third-order valence-corrected chi connectivity index (χ3v) is 3.91. The maximum atomic E-state index is 12.3. The largest absolute Gasteiger partial charge is 0.497 e. The van der Waals surface area contributed by atoms with Gasteiger partial charge < -0.3 is 21.1 Å². The van der Waals surface area contributed by atoms with Crippen LogP contribution in [0, 0.1) is 0 Å². The maximum absolute atomic E-state index is 12.3. The van der Waals surface area contributed by atoms with Crippen LogP contribution in [0.5, 0.6) is 5.75 Å². The zero-order valence-corrected chi connectivity index (χ0v) is 14.5. The summed E-state index contributed by atoms with van der Waals surface area (Å²) in [6.07, 6.45) is 0. The maximum Gasteiger partial charge on any atom is 0.274 e. The highest BCUT2D eigenvalue weighted by Gasteiger charge is 2.17. The molecule has 1 amide bonds. The SMILES string of the molecule is COc1ccc(-c2[nH]nc(C(=O)NCCNc3ccccc3)c2N)cc1. The van der Waals surface area contributed by atoms with Crippen LogP contribution in [-0.4, -0.2) is 36.3 Å². The van der Waals surface area contributed by atoms with Gasteiger partial charge in [-0.05, 0) is 36.4 Å². The summed E-state index contributed by atoms with van der Waals surface area (Å²) in [5.41, 5.74) is 9.06. The summed E-state index contributed by atoms with van der Waals surface area (Å²) in [6, 6.07) is 17.1. The van der Waals surface area contributed by atoms with Gasteiger partial charge in [0.1, 0.15) is 5.75 Å². The van der Waals surface area contributed by atoms with Gasteiger partial charge in [-0.25, -0.2) is 0 Å². The van der Waals surface area contributed by atoms with Crippen LogP contribution in [0.3, 0.4) is 0 Å². The van der Waals surface area contributed by atoms with Crippen molar-refractivity contribution < 1.29 is 9.53 Å². The Bertz CT molecular complexity index is 859. The molecule has 3 rings (SSSR count). The van der Waals surface area contributed by atoms with E-state index in [9.17, 15) is 4.79 Å². The van der Waals surface area contributed by atoms with Gasteiger partial charge in [-0.3, -0.25) is 9.89 Å². The number of aromatic nitrogens is 2. The number of para-hydroxylation sites is 1. The van der Waals surface area contributed by atoms with E-state index in [1.807, 2.05) is 54.6 Å². The summed E-state index contributed by atoms with van der Waals surface area (Å²) in [5, 5.41) is 12.9. The Kier molecular flexibility index (Phi) is 5.38. The number of aromatic amines is 1. The van der Waals surface area contributed by atoms with Crippen LogP contribution in [-0.2, 0) is 0 Å². The highest BCUT2D eigenvalue weighted by atomic mass is 16.5. The average molecular weight is 351 g/mol. The summed E-state index contributed by atoms with van der Waals surface area (Å²) in [6.45, 7) is 1.06. The Morgan fingerprint density at radius 1 is 1.12 bits per heavy atom. The van der Waals surface area contributed by atoms with Gasteiger partial charge in [0.2, 0.25) is 0 Å². The number of H-pyrrole nitrogens is 1. The third kappa shape index (κ3) is 3.94. The van der Waals surface area contributed by atoms with Crippen molar-refractivity contribution in [3.63, 3.8) is 0 Å². The summed E-state index contributed by atoms with van der Waals surface area (Å²) in [7, 11) is 1.61. The van der Waals surface area contributed by atoms with Crippen molar-refractivity contribution in [1.82, 2.24) is 15.5 Å². The summed E-state index contributed by atoms with van der Waals surface area (Å²) in [4.78, 5) is 12.3. The quantitative estimate of drug-likeness (QED) is 0.490. The smallest absolute Gasteiger partial charge is 0.274 e. The number of benzene rings is 2. The Morgan fingerprint density at radius 3 is 2.54 bits per heavy atom. The molecule has 0 aliphatic carbocycles. The monoisotopic (exact) mass is 351 g/mol. The lowest BCUT2D eigenvalue weighted by molar-refractivity contribution is 0.0951. The van der Waals surface area contributed by atoms with Crippen molar-refractivity contribution in [2.75, 3.05) is 31.2 Å². The molecule has 26 heavy (non-hydrogen) atoms. The molecule has 1 heterocycles. The lowest BCUT2D eigenvalue weighted by Crippen LogP contribution is -2.29. The molecule has 1 aromatic heterocycles. The minimum atomic E-state index is -0.312. The molecule has 0 aliphatic rings. The summed E-state index contributed by atoms with van der Waals surface area (Å²) < 4.78 is 5.14. The Labute approximate surface area is 151 Å². The second kappa shape index (κ2) is 8.06. The van der Waals surface area contributed by atoms with Gasteiger partial charge in [-0.15, -0.1) is 0 Å². The molecule has 0 bridgehead atoms. The standard InChI is InChI=1S/C19H21N5O2/c1-26-15-9-7-13(8-10-15)17-16(20)18(24-23-17)19(25)22-12-11-21-14-5-3-2-4-6-14/h2-10,21H,11-12,20H2,1H3,(H,22,25)(H,23,24). The minimum Gasteiger partial charge on any atom is -0.497 e. The van der Waals surface area contributed by atoms with Crippen LogP contribution in [0.2, 0.25) is 0 Å². The van der Waals surface area contributed by atoms with Crippen molar-refractivity contribution in [2.45, 2.75) is 0 Å². The van der Waals surface area contributed by atoms with Crippen LogP contribution in [0.15, 0.2) is 54.6 Å². The number of amides is 1. The molecule has 7 nitrogen and oxygen atoms in total. The number of rotatable bonds is 7. The van der Waals surface area contributed by atoms with E-state index in [0.717, 1.165) is 17.0 Å². The van der Waals surface area contributed by atoms with Crippen molar-refractivity contribution in [1.29, 1.82) is 0 Å². The van der Waals surface area contributed by atoms with E-state index in [-0.39, 0.29) is 11.6 Å². The van der Waals surface area contributed by atoms with E-state index < -0.39 is 0 Å². The van der Waals surface area contributed by atoms with E-state index in [1.165, 1.54) is 0 Å². The number of carbonyl (C=O) groups excluding carboxylic acids is 1. The first kappa shape index (κ1) is 17.3. The normalized spacial score (nSPS) is 10.3. The predicted molar refractivity (Wildman–Crippen MR) is 102 cm³/mol. The number of methoxy groups -OCH3 is 1. The van der Waals surface area contributed by atoms with Crippen molar-refractivity contribution in [3.8, 4) is 17.0 Å². The summed E-state index contributed by atoms with van der Waals surface area (Å²) >= 11 is 0. The fourth-order valence-electron chi connectivity index (χ4n) is 2.52. The molecule has 5 N–H and O–H groups in total. The topological polar surface area (TPSA) is 105 Å². The number of nitrogens with one attached hydrogen (secondary N) is 3. The van der Waals surface area contributed by atoms with E-state index >= 15 is 0 Å². The van der Waals surface area contributed by atoms with E-state index in [0.29, 0.717) is 24.5 Å². The average Bonchev–Trinajstić information content (AvgIpc) is 3.07. The number of nitrogens with zero attached hydrogens (tertiary/aromatic N) is 1. The second-order valence-electron chi connectivity index (χ2n) is 5.64. The highest BCUT2D eigenvalue weighted by molar-refractivity contribution is 6.00. The van der Waals surface area contributed by atoms with Crippen LogP contribution >= 0.6 is 0 Å². The highest BCUT2D eigenvalue weighted by Crippen LogP contribution is 2.27. The zero-order valence-electron chi connectivity index (χ0n) is 14.5. The lowest BCUT2D eigenvalue weighted by Gasteiger charge is -2.07. The molecule has 0 spiro atoms. The number of carbonyl (C=O) groups is 1. The molecule has 134 valence electrons. The van der Waals surface area contributed by atoms with Gasteiger partial charge in [-0.2, -0.15) is 5.10 Å². The first-order valence-corrected chi connectivity index (χ1v) is 8.24. The fourth-order valence-corrected chi connectivity index (χ4v) is 2.52. The fraction of sp³-hybridized carbons (Fsp3) is 0.158. The van der Waals surface area contributed by atoms with Gasteiger partial charge in [0, 0.05) is 24.3 Å². The molecule has 7 heteroatoms. The van der Waals surface area contributed by atoms with E-state index in [2.05, 4.69) is 20.8 Å². The number of nitrogens with two attached hydrogens (primary N) is 1. The number of ether oxygens (including phenoxy) is 1. The van der Waals surface area contributed by atoms with Crippen LogP contribution in [0.25, 0.3) is 11.3 Å². The molecule has 0 saturated heterocycles. The molecule has 0 atom stereocenters. The van der Waals surface area contributed by atoms with Crippen molar-refractivity contribution >= 4 is 17.3 Å². The van der Waals surface area contributed by atoms with Gasteiger partial charge in [0.25, 0.3) is 5.91 Å². The zero-order chi connectivity index (χ0) is 18.4. The minimum absolute atomic E-state index is 0.190. The molecule has 0 unspecified atom stereocenters. The van der Waals surface area contributed by atoms with Gasteiger partial charge in [-0.1, -0.05) is 18.2 Å². The van der Waals surface area contributed by atoms with E-state index in [1.54, 1.807) is 7.11 Å². The first-order chi connectivity index (χ1) is 12.7. The predicted octanol–water partition coefficient (Wildman–Crippen LogP) is 2.51. The number of anilines is 2. The Hall–Kier alpha value is -3.48. The van der Waals surface area contributed by atoms with Gasteiger partial charge in [0.05, 0.1) is 18.5 Å². The molecule has 0 aliphatic heterocycles. The number of nitrogen functional groups attached to an aromatic ring is 1. The molecule has 0 radical (unpaired) electrons. The first-order valence-electron chi connectivity index (χ1n) is 8.24. The molecule has 3 aromatic rings. The Morgan fingerprint density at radius 2 is 1.85 bits per heavy atom. The molecule has 2 aromatic carbocycles. The van der Waals surface area contributed by atoms with Crippen molar-refractivity contribution in [2.24, 2.45) is 0 Å². The lowest BCUT2D eigenvalue weighted by atomic mass is 10.1. The summed E-state index contributed by atoms with van der Waals surface area (Å²) in [5.74, 6) is 0.434. The second-order valence-corrected chi connectivity index (χ2v) is 5.64. The van der Waals surface area contributed by atoms with Crippen LogP contribution in [0.4, 0.5) is 11.4 Å². The number of hydrogen-bond donors (Lipinski definition) is 4. The molecule has 0 fully saturated rings. The van der Waals surface area contributed by atoms with Crippen molar-refractivity contribution in [3.05, 3.63) is 60.3 Å². The Balaban J connectivity index is 1.58. The number of hydrogen-bond acceptors (Lipinski definition) is 5. The molecule has 0 saturated carbocycles. The van der Waals surface area contributed by atoms with Crippen LogP contribution < -0.4 is 21.1 Å². The molecular weight excluding hydrogens is 330 g/mol.